The van der Waals surface area contributed by atoms with Gasteiger partial charge in [0.25, 0.3) is 0 Å². The minimum atomic E-state index is -4.00. The minimum Gasteiger partial charge on any atom is -0.490 e. The zero-order chi connectivity index (χ0) is 18.9. The predicted molar refractivity (Wildman–Crippen MR) is 89.1 cm³/mol. The average molecular weight is 387 g/mol. The summed E-state index contributed by atoms with van der Waals surface area (Å²) in [5.74, 6) is 1.21. The fraction of sp³-hybridized carbons (Fsp3) is 0.438. The lowest BCUT2D eigenvalue weighted by Crippen LogP contribution is -2.42. The molecule has 7 nitrogen and oxygen atoms in total. The van der Waals surface area contributed by atoms with Gasteiger partial charge in [0, 0.05) is 0 Å². The summed E-state index contributed by atoms with van der Waals surface area (Å²) in [7, 11) is -4.00. The summed E-state index contributed by atoms with van der Waals surface area (Å²) in [6, 6.07) is 4.90. The highest BCUT2D eigenvalue weighted by atomic mass is 32.2. The second-order valence-electron chi connectivity index (χ2n) is 5.83. The van der Waals surface area contributed by atoms with Crippen molar-refractivity contribution in [2.24, 2.45) is 0 Å². The lowest BCUT2D eigenvalue weighted by Gasteiger charge is -2.27. The lowest BCUT2D eigenvalue weighted by atomic mass is 10.0. The summed E-state index contributed by atoms with van der Waals surface area (Å²) in [6.45, 7) is 0.845. The molecule has 2 heterocycles. The van der Waals surface area contributed by atoms with Crippen LogP contribution in [0.1, 0.15) is 24.7 Å². The fourth-order valence-electron chi connectivity index (χ4n) is 2.89. The molecule has 142 valence electrons. The Bertz CT molecular complexity index is 899. The molecule has 1 N–H and O–H groups in total. The summed E-state index contributed by atoms with van der Waals surface area (Å²) >= 11 is 0. The van der Waals surface area contributed by atoms with Gasteiger partial charge in [-0.1, -0.05) is 12.1 Å². The van der Waals surface area contributed by atoms with Crippen LogP contribution in [-0.4, -0.2) is 37.5 Å². The van der Waals surface area contributed by atoms with Gasteiger partial charge in [0.1, 0.15) is 11.5 Å². The topological polar surface area (TPSA) is 82.4 Å². The van der Waals surface area contributed by atoms with Crippen molar-refractivity contribution in [1.29, 1.82) is 0 Å². The van der Waals surface area contributed by atoms with E-state index in [-0.39, 0.29) is 17.2 Å². The SMILES string of the molecule is CCOc1cccc2c1OC[C@@H](NS(=O)(=O)c1cnn(C(F)F)c1C)C2. The molecule has 1 aromatic carbocycles. The van der Waals surface area contributed by atoms with Gasteiger partial charge in [-0.3, -0.25) is 0 Å². The molecule has 0 saturated heterocycles. The number of rotatable bonds is 6. The Morgan fingerprint density at radius 2 is 2.23 bits per heavy atom. The highest BCUT2D eigenvalue weighted by Gasteiger charge is 2.30. The van der Waals surface area contributed by atoms with Gasteiger partial charge in [-0.15, -0.1) is 0 Å². The van der Waals surface area contributed by atoms with Crippen LogP contribution in [0, 0.1) is 6.92 Å². The molecule has 0 spiro atoms. The Morgan fingerprint density at radius 3 is 2.88 bits per heavy atom. The Balaban J connectivity index is 1.79. The van der Waals surface area contributed by atoms with Gasteiger partial charge in [-0.2, -0.15) is 13.9 Å². The number of alkyl halides is 2. The van der Waals surface area contributed by atoms with Gasteiger partial charge >= 0.3 is 6.55 Å². The number of aromatic nitrogens is 2. The van der Waals surface area contributed by atoms with Crippen LogP contribution in [-0.2, 0) is 16.4 Å². The lowest BCUT2D eigenvalue weighted by molar-refractivity contribution is 0.0541. The molecule has 1 aliphatic rings. The molecule has 26 heavy (non-hydrogen) atoms. The third-order valence-corrected chi connectivity index (χ3v) is 5.67. The van der Waals surface area contributed by atoms with Crippen LogP contribution in [0.25, 0.3) is 0 Å². The van der Waals surface area contributed by atoms with E-state index in [9.17, 15) is 17.2 Å². The smallest absolute Gasteiger partial charge is 0.333 e. The first-order chi connectivity index (χ1) is 12.3. The number of nitrogens with zero attached hydrogens (tertiary/aromatic N) is 2. The van der Waals surface area contributed by atoms with Crippen molar-refractivity contribution in [2.75, 3.05) is 13.2 Å². The second-order valence-corrected chi connectivity index (χ2v) is 7.51. The van der Waals surface area contributed by atoms with Crippen LogP contribution >= 0.6 is 0 Å². The summed E-state index contributed by atoms with van der Waals surface area (Å²) in [6.07, 6.45) is 1.33. The third kappa shape index (κ3) is 3.51. The number of hydrogen-bond donors (Lipinski definition) is 1. The van der Waals surface area contributed by atoms with Gasteiger partial charge in [-0.05, 0) is 31.9 Å². The number of nitrogens with one attached hydrogen (secondary N) is 1. The standard InChI is InChI=1S/C16H19F2N3O4S/c1-3-24-13-6-4-5-11-7-12(9-25-15(11)13)20-26(22,23)14-8-19-21(10(14)2)16(17)18/h4-6,8,12,16,20H,3,7,9H2,1-2H3/t12-/m0/s1. The molecule has 0 radical (unpaired) electrons. The van der Waals surface area contributed by atoms with Crippen LogP contribution in [0.2, 0.25) is 0 Å². The molecule has 0 unspecified atom stereocenters. The maximum atomic E-state index is 12.8. The highest BCUT2D eigenvalue weighted by Crippen LogP contribution is 2.35. The van der Waals surface area contributed by atoms with Crippen LogP contribution in [0.15, 0.2) is 29.3 Å². The van der Waals surface area contributed by atoms with Crippen LogP contribution in [0.5, 0.6) is 11.5 Å². The van der Waals surface area contributed by atoms with Crippen molar-refractivity contribution < 1.29 is 26.7 Å². The zero-order valence-corrected chi connectivity index (χ0v) is 15.1. The molecular weight excluding hydrogens is 368 g/mol. The Kier molecular flexibility index (Phi) is 5.15. The number of fused-ring (bicyclic) bond motifs is 1. The first-order valence-electron chi connectivity index (χ1n) is 8.05. The summed E-state index contributed by atoms with van der Waals surface area (Å²) in [5, 5.41) is 3.44. The van der Waals surface area contributed by atoms with Crippen molar-refractivity contribution in [2.45, 2.75) is 37.8 Å². The van der Waals surface area contributed by atoms with E-state index >= 15 is 0 Å². The summed E-state index contributed by atoms with van der Waals surface area (Å²) in [4.78, 5) is -0.272. The number of sulfonamides is 1. The predicted octanol–water partition coefficient (Wildman–Crippen LogP) is 2.27. The minimum absolute atomic E-state index is 0.109. The maximum absolute atomic E-state index is 12.8. The summed E-state index contributed by atoms with van der Waals surface area (Å²) in [5.41, 5.74) is 0.693. The van der Waals surface area contributed by atoms with Crippen LogP contribution in [0.3, 0.4) is 0 Å². The first kappa shape index (κ1) is 18.6. The molecule has 0 saturated carbocycles. The van der Waals surface area contributed by atoms with E-state index in [0.717, 1.165) is 11.8 Å². The molecule has 10 heteroatoms. The zero-order valence-electron chi connectivity index (χ0n) is 14.3. The van der Waals surface area contributed by atoms with Gasteiger partial charge < -0.3 is 9.47 Å². The first-order valence-corrected chi connectivity index (χ1v) is 9.54. The number of ether oxygens (including phenoxy) is 2. The molecule has 3 rings (SSSR count). The van der Waals surface area contributed by atoms with E-state index in [2.05, 4.69) is 9.82 Å². The number of para-hydroxylation sites is 1. The fourth-order valence-corrected chi connectivity index (χ4v) is 4.28. The Labute approximate surface area is 150 Å². The molecule has 0 fully saturated rings. The summed E-state index contributed by atoms with van der Waals surface area (Å²) < 4.78 is 64.8. The molecule has 1 aromatic heterocycles. The maximum Gasteiger partial charge on any atom is 0.333 e. The van der Waals surface area contributed by atoms with E-state index in [0.29, 0.717) is 29.2 Å². The quantitative estimate of drug-likeness (QED) is 0.822. The van der Waals surface area contributed by atoms with Crippen LogP contribution in [0.4, 0.5) is 8.78 Å². The Morgan fingerprint density at radius 1 is 1.46 bits per heavy atom. The van der Waals surface area contributed by atoms with E-state index in [1.165, 1.54) is 6.92 Å². The molecular formula is C16H19F2N3O4S. The van der Waals surface area contributed by atoms with E-state index in [1.807, 2.05) is 13.0 Å². The Hall–Kier alpha value is -2.20. The largest absolute Gasteiger partial charge is 0.490 e. The van der Waals surface area contributed by atoms with Gasteiger partial charge in [-0.25, -0.2) is 17.8 Å². The molecule has 2 aromatic rings. The highest BCUT2D eigenvalue weighted by molar-refractivity contribution is 7.89. The van der Waals surface area contributed by atoms with Crippen molar-refractivity contribution in [3.05, 3.63) is 35.7 Å². The average Bonchev–Trinajstić information content (AvgIpc) is 2.97. The van der Waals surface area contributed by atoms with Crippen molar-refractivity contribution >= 4 is 10.0 Å². The normalized spacial score (nSPS) is 17.0. The van der Waals surface area contributed by atoms with Gasteiger partial charge in [0.05, 0.1) is 24.5 Å². The third-order valence-electron chi connectivity index (χ3n) is 4.05. The number of hydrogen-bond acceptors (Lipinski definition) is 5. The van der Waals surface area contributed by atoms with E-state index in [1.54, 1.807) is 12.1 Å². The molecule has 0 aliphatic carbocycles. The second kappa shape index (κ2) is 7.20. The molecule has 0 amide bonds. The van der Waals surface area contributed by atoms with E-state index < -0.39 is 22.6 Å². The molecule has 0 bridgehead atoms. The monoisotopic (exact) mass is 387 g/mol. The van der Waals surface area contributed by atoms with Crippen molar-refractivity contribution in [3.63, 3.8) is 0 Å². The van der Waals surface area contributed by atoms with Crippen molar-refractivity contribution in [3.8, 4) is 11.5 Å². The number of halogens is 2. The molecule has 1 atom stereocenters. The van der Waals surface area contributed by atoms with Crippen molar-refractivity contribution in [1.82, 2.24) is 14.5 Å². The van der Waals surface area contributed by atoms with E-state index in [4.69, 9.17) is 9.47 Å². The van der Waals surface area contributed by atoms with Gasteiger partial charge in [0.15, 0.2) is 11.5 Å². The van der Waals surface area contributed by atoms with Crippen LogP contribution < -0.4 is 14.2 Å². The molecule has 1 aliphatic heterocycles. The number of benzene rings is 1. The van der Waals surface area contributed by atoms with Gasteiger partial charge in [0.2, 0.25) is 10.0 Å².